The summed E-state index contributed by atoms with van der Waals surface area (Å²) in [5, 5.41) is 24.5. The van der Waals surface area contributed by atoms with Crippen LogP contribution in [-0.4, -0.2) is 58.0 Å². The van der Waals surface area contributed by atoms with Gasteiger partial charge in [-0.25, -0.2) is 38.4 Å². The lowest BCUT2D eigenvalue weighted by Gasteiger charge is -2.21. The van der Waals surface area contributed by atoms with E-state index in [4.69, 9.17) is 23.7 Å². The van der Waals surface area contributed by atoms with E-state index in [0.29, 0.717) is 10.8 Å². The molecular formula is C48H22O15. The van der Waals surface area contributed by atoms with E-state index in [0.717, 1.165) is 12.1 Å². The average Bonchev–Trinajstić information content (AvgIpc) is 3.26. The molecule has 15 nitrogen and oxygen atoms in total. The summed E-state index contributed by atoms with van der Waals surface area (Å²) in [6.07, 6.45) is 0. The highest BCUT2D eigenvalue weighted by Crippen LogP contribution is 2.41. The number of carbonyl (C=O) groups is 8. The van der Waals surface area contributed by atoms with Crippen LogP contribution in [-0.2, 0) is 14.2 Å². The Hall–Kier alpha value is -9.24. The van der Waals surface area contributed by atoms with Crippen LogP contribution in [0.3, 0.4) is 0 Å². The first-order valence-electron chi connectivity index (χ1n) is 18.7. The minimum atomic E-state index is -1.66. The van der Waals surface area contributed by atoms with Gasteiger partial charge in [0.1, 0.15) is 44.9 Å². The number of rotatable bonds is 6. The van der Waals surface area contributed by atoms with Gasteiger partial charge in [0.25, 0.3) is 0 Å². The summed E-state index contributed by atoms with van der Waals surface area (Å²) >= 11 is 0. The quantitative estimate of drug-likeness (QED) is 0.0706. The number of phenolic OH excluding ortho intramolecular Hbond substituents is 2. The second kappa shape index (κ2) is 14.2. The Balaban J connectivity index is 1.07. The number of hydrogen-bond donors (Lipinski definition) is 2. The van der Waals surface area contributed by atoms with Crippen LogP contribution in [0.1, 0.15) is 82.9 Å². The molecule has 8 aromatic rings. The van der Waals surface area contributed by atoms with Crippen molar-refractivity contribution in [3.05, 3.63) is 166 Å². The van der Waals surface area contributed by atoms with Gasteiger partial charge in [0, 0.05) is 10.8 Å². The van der Waals surface area contributed by atoms with Crippen molar-refractivity contribution < 1.29 is 72.3 Å². The molecule has 0 aromatic heterocycles. The van der Waals surface area contributed by atoms with Gasteiger partial charge in [-0.05, 0) is 56.6 Å². The molecule has 2 aliphatic heterocycles. The fourth-order valence-electron chi connectivity index (χ4n) is 7.93. The average molecular weight is 839 g/mol. The number of ether oxygens (including phenoxy) is 5. The molecule has 304 valence electrons. The van der Waals surface area contributed by atoms with Crippen molar-refractivity contribution in [3.8, 4) is 23.0 Å². The van der Waals surface area contributed by atoms with Gasteiger partial charge in [-0.3, -0.25) is 0 Å². The molecule has 63 heavy (non-hydrogen) atoms. The van der Waals surface area contributed by atoms with E-state index in [-0.39, 0.29) is 54.6 Å². The Morgan fingerprint density at radius 3 is 1.11 bits per heavy atom. The molecule has 0 atom stereocenters. The molecule has 2 aliphatic rings. The Labute approximate surface area is 351 Å². The molecule has 0 saturated carbocycles. The number of phenols is 2. The SMILES string of the molecule is O=C1OC(=O)c2c(OC(=O)c3c(C(=O)OC(=O)c4c(O)cc5ccccc5c4C(=O)Oc4c5cc6ccccc6c4C(=O)OC5=O)c(O)cc4ccccc34)c1cc1ccccc21. The van der Waals surface area contributed by atoms with Crippen molar-refractivity contribution >= 4 is 90.8 Å². The number of benzene rings is 8. The van der Waals surface area contributed by atoms with Crippen molar-refractivity contribution in [1.82, 2.24) is 0 Å². The van der Waals surface area contributed by atoms with E-state index >= 15 is 0 Å². The lowest BCUT2D eigenvalue weighted by molar-refractivity contribution is 0.0355. The van der Waals surface area contributed by atoms with Crippen molar-refractivity contribution in [2.75, 3.05) is 0 Å². The van der Waals surface area contributed by atoms with Gasteiger partial charge in [0.2, 0.25) is 0 Å². The number of cyclic esters (lactones) is 4. The second-order valence-electron chi connectivity index (χ2n) is 14.2. The zero-order valence-corrected chi connectivity index (χ0v) is 31.7. The molecular weight excluding hydrogens is 817 g/mol. The molecule has 0 unspecified atom stereocenters. The molecule has 0 amide bonds. The van der Waals surface area contributed by atoms with Crippen LogP contribution in [0.25, 0.3) is 43.1 Å². The first kappa shape index (κ1) is 38.0. The Bertz CT molecular complexity index is 3280. The lowest BCUT2D eigenvalue weighted by atomic mass is 9.96. The molecule has 8 aromatic carbocycles. The van der Waals surface area contributed by atoms with E-state index in [2.05, 4.69) is 0 Å². The Morgan fingerprint density at radius 1 is 0.397 bits per heavy atom. The summed E-state index contributed by atoms with van der Waals surface area (Å²) in [7, 11) is 0. The minimum Gasteiger partial charge on any atom is -0.507 e. The summed E-state index contributed by atoms with van der Waals surface area (Å²) in [5.41, 5.74) is -4.23. The van der Waals surface area contributed by atoms with E-state index in [1.165, 1.54) is 60.7 Å². The zero-order valence-electron chi connectivity index (χ0n) is 31.7. The Kier molecular flexibility index (Phi) is 8.57. The van der Waals surface area contributed by atoms with Crippen molar-refractivity contribution in [3.63, 3.8) is 0 Å². The fraction of sp³-hybridized carbons (Fsp3) is 0. The molecule has 0 fully saturated rings. The highest BCUT2D eigenvalue weighted by Gasteiger charge is 2.39. The molecule has 0 saturated heterocycles. The van der Waals surface area contributed by atoms with E-state index in [1.54, 1.807) is 48.5 Å². The van der Waals surface area contributed by atoms with Crippen molar-refractivity contribution in [2.45, 2.75) is 0 Å². The summed E-state index contributed by atoms with van der Waals surface area (Å²) in [6, 6.07) is 29.7. The van der Waals surface area contributed by atoms with Gasteiger partial charge in [-0.15, -0.1) is 0 Å². The number of esters is 8. The van der Waals surface area contributed by atoms with Gasteiger partial charge in [0.15, 0.2) is 11.5 Å². The molecule has 2 N–H and O–H groups in total. The standard InChI is InChI=1S/C48H22O15/c49-31-19-23-11-3-5-13-25(23)33(43(53)59-39-29-17-21-9-1-7-15-27(21)35(39)45(55)61-41(29)51)37(31)47(57)63-48(58)38-32(50)20-24-12-4-6-14-26(24)34(38)44(54)60-40-30-18-22-10-2-8-16-28(22)36(40)46(56)62-42(30)52/h1-20,49-50H. The topological polar surface area (TPSA) is 223 Å². The molecule has 0 spiro atoms. The third-order valence-corrected chi connectivity index (χ3v) is 10.7. The minimum absolute atomic E-state index is 0.00359. The molecule has 15 heteroatoms. The largest absolute Gasteiger partial charge is 0.507 e. The van der Waals surface area contributed by atoms with Crippen LogP contribution in [0, 0.1) is 0 Å². The number of carbonyl (C=O) groups excluding carboxylic acids is 8. The van der Waals surface area contributed by atoms with Gasteiger partial charge in [0.05, 0.1) is 11.1 Å². The molecule has 0 aliphatic carbocycles. The number of aromatic hydroxyl groups is 2. The van der Waals surface area contributed by atoms with Gasteiger partial charge in [-0.2, -0.15) is 0 Å². The van der Waals surface area contributed by atoms with Crippen LogP contribution in [0.15, 0.2) is 121 Å². The van der Waals surface area contributed by atoms with Crippen LogP contribution in [0.4, 0.5) is 0 Å². The molecule has 2 heterocycles. The van der Waals surface area contributed by atoms with Gasteiger partial charge < -0.3 is 33.9 Å². The highest BCUT2D eigenvalue weighted by atomic mass is 16.6. The third-order valence-electron chi connectivity index (χ3n) is 10.7. The normalized spacial score (nSPS) is 12.9. The van der Waals surface area contributed by atoms with Crippen LogP contribution in [0.5, 0.6) is 23.0 Å². The smallest absolute Gasteiger partial charge is 0.350 e. The predicted molar refractivity (Wildman–Crippen MR) is 218 cm³/mol. The summed E-state index contributed by atoms with van der Waals surface area (Å²) in [6.45, 7) is 0. The maximum atomic E-state index is 14.3. The van der Waals surface area contributed by atoms with Crippen molar-refractivity contribution in [2.24, 2.45) is 0 Å². The monoisotopic (exact) mass is 838 g/mol. The fourth-order valence-corrected chi connectivity index (χ4v) is 7.93. The second-order valence-corrected chi connectivity index (χ2v) is 14.2. The Morgan fingerprint density at radius 2 is 0.730 bits per heavy atom. The highest BCUT2D eigenvalue weighted by molar-refractivity contribution is 6.24. The van der Waals surface area contributed by atoms with E-state index in [9.17, 15) is 48.6 Å². The summed E-state index contributed by atoms with van der Waals surface area (Å²) < 4.78 is 26.4. The van der Waals surface area contributed by atoms with Crippen LogP contribution < -0.4 is 9.47 Å². The van der Waals surface area contributed by atoms with E-state index in [1.807, 2.05) is 0 Å². The van der Waals surface area contributed by atoms with Crippen LogP contribution >= 0.6 is 0 Å². The third kappa shape index (κ3) is 5.98. The predicted octanol–water partition coefficient (Wildman–Crippen LogP) is 7.77. The summed E-state index contributed by atoms with van der Waals surface area (Å²) in [5.74, 6) is -13.2. The van der Waals surface area contributed by atoms with Crippen molar-refractivity contribution in [1.29, 1.82) is 0 Å². The number of fused-ring (bicyclic) bond motifs is 10. The number of hydrogen-bond acceptors (Lipinski definition) is 15. The first-order valence-corrected chi connectivity index (χ1v) is 18.7. The maximum absolute atomic E-state index is 14.3. The molecule has 10 rings (SSSR count). The van der Waals surface area contributed by atoms with E-state index < -0.39 is 93.0 Å². The maximum Gasteiger partial charge on any atom is 0.350 e. The van der Waals surface area contributed by atoms with Gasteiger partial charge >= 0.3 is 47.8 Å². The first-order chi connectivity index (χ1) is 30.4. The zero-order chi connectivity index (χ0) is 43.8. The lowest BCUT2D eigenvalue weighted by Crippen LogP contribution is -2.26. The van der Waals surface area contributed by atoms with Gasteiger partial charge in [-0.1, -0.05) is 97.1 Å². The summed E-state index contributed by atoms with van der Waals surface area (Å²) in [4.78, 5) is 109. The van der Waals surface area contributed by atoms with Crippen LogP contribution in [0.2, 0.25) is 0 Å². The molecule has 4 bridgehead atoms. The molecule has 0 radical (unpaired) electrons.